The molecule has 528 valence electrons. The zero-order chi connectivity index (χ0) is 74.3. The number of benzene rings is 17. The van der Waals surface area contributed by atoms with Crippen molar-refractivity contribution < 1.29 is 18.9 Å². The van der Waals surface area contributed by atoms with Crippen LogP contribution in [0.15, 0.2) is 425 Å². The molecule has 0 unspecified atom stereocenters. The first-order valence-electron chi connectivity index (χ1n) is 38.0. The average molecular weight is 1440 g/mol. The van der Waals surface area contributed by atoms with Crippen molar-refractivity contribution in [2.75, 3.05) is 19.6 Å². The van der Waals surface area contributed by atoms with Gasteiger partial charge < -0.3 is 38.5 Å². The molecular formula is C102H70B2N4O4. The summed E-state index contributed by atoms with van der Waals surface area (Å²) in [6, 6.07) is 149. The van der Waals surface area contributed by atoms with E-state index >= 15 is 0 Å². The molecule has 0 atom stereocenters. The molecule has 0 spiro atoms. The van der Waals surface area contributed by atoms with Crippen LogP contribution in [-0.2, 0) is 0 Å². The van der Waals surface area contributed by atoms with Gasteiger partial charge in [0, 0.05) is 115 Å². The van der Waals surface area contributed by atoms with Crippen molar-refractivity contribution in [3.05, 3.63) is 425 Å². The Morgan fingerprint density at radius 3 is 0.643 bits per heavy atom. The number of rotatable bonds is 15. The van der Waals surface area contributed by atoms with Gasteiger partial charge in [0.1, 0.15) is 46.0 Å². The quantitative estimate of drug-likeness (QED) is 0.0941. The van der Waals surface area contributed by atoms with E-state index in [0.717, 1.165) is 180 Å². The lowest BCUT2D eigenvalue weighted by molar-refractivity contribution is 0.465. The van der Waals surface area contributed by atoms with Gasteiger partial charge in [-0.2, -0.15) is 0 Å². The Kier molecular flexibility index (Phi) is 17.3. The van der Waals surface area contributed by atoms with Gasteiger partial charge in [0.2, 0.25) is 0 Å². The third-order valence-electron chi connectivity index (χ3n) is 21.5. The molecule has 0 radical (unpaired) electrons. The highest BCUT2D eigenvalue weighted by atomic mass is 16.5. The molecule has 10 heteroatoms. The molecule has 0 aliphatic carbocycles. The van der Waals surface area contributed by atoms with Gasteiger partial charge in [0.25, 0.3) is 13.4 Å². The number of ether oxygens (including phenoxy) is 4. The Morgan fingerprint density at radius 1 is 0.161 bits per heavy atom. The van der Waals surface area contributed by atoms with Gasteiger partial charge in [-0.25, -0.2) is 0 Å². The van der Waals surface area contributed by atoms with E-state index in [2.05, 4.69) is 438 Å². The summed E-state index contributed by atoms with van der Waals surface area (Å²) in [5.41, 5.74) is 25.5. The highest BCUT2D eigenvalue weighted by Crippen LogP contribution is 2.50. The van der Waals surface area contributed by atoms with Crippen molar-refractivity contribution in [2.24, 2.45) is 0 Å². The molecule has 0 saturated carbocycles. The maximum atomic E-state index is 7.24. The number of para-hydroxylation sites is 8. The van der Waals surface area contributed by atoms with Gasteiger partial charge in [-0.3, -0.25) is 0 Å². The van der Waals surface area contributed by atoms with E-state index in [1.165, 1.54) is 0 Å². The minimum Gasteiger partial charge on any atom is -0.458 e. The van der Waals surface area contributed by atoms with E-state index in [0.29, 0.717) is 0 Å². The highest BCUT2D eigenvalue weighted by molar-refractivity contribution is 6.99. The first-order valence-corrected chi connectivity index (χ1v) is 38.0. The van der Waals surface area contributed by atoms with Gasteiger partial charge in [0.05, 0.1) is 0 Å². The lowest BCUT2D eigenvalue weighted by Gasteiger charge is -2.36. The molecular weight excluding hydrogens is 1370 g/mol. The topological polar surface area (TPSA) is 49.9 Å². The maximum absolute atomic E-state index is 7.24. The second kappa shape index (κ2) is 29.1. The zero-order valence-corrected chi connectivity index (χ0v) is 61.0. The SMILES string of the molecule is c1ccc(-c2cc(-c3ccccc3)c3c4c2Oc2cc(N(c5ccccc5)c5ccccc5)ccc2B4c2ccc(N(c4ccccc4)c4ccccc4)cc2O3)cc1.c1ccc(-c2cc3c4c(c2)Oc2cc(N(c5ccccc5)c5ccccc5)ccc2B4c2ccc(N(c4ccccc4)c4ccccc4)cc2O3)cc1. The second-order valence-corrected chi connectivity index (χ2v) is 28.2. The van der Waals surface area contributed by atoms with Crippen LogP contribution in [0.25, 0.3) is 33.4 Å². The van der Waals surface area contributed by atoms with Crippen molar-refractivity contribution in [1.82, 2.24) is 0 Å². The summed E-state index contributed by atoms with van der Waals surface area (Å²) in [6.45, 7) is -0.241. The van der Waals surface area contributed by atoms with Crippen LogP contribution in [0.5, 0.6) is 46.0 Å². The van der Waals surface area contributed by atoms with E-state index in [9.17, 15) is 0 Å². The largest absolute Gasteiger partial charge is 0.458 e. The minimum absolute atomic E-state index is 0.0794. The first-order chi connectivity index (χ1) is 55.6. The van der Waals surface area contributed by atoms with Crippen molar-refractivity contribution in [3.8, 4) is 79.4 Å². The zero-order valence-electron chi connectivity index (χ0n) is 61.0. The number of nitrogens with zero attached hydrogens (tertiary/aromatic N) is 4. The molecule has 0 bridgehead atoms. The monoisotopic (exact) mass is 1440 g/mol. The molecule has 4 aliphatic rings. The normalized spacial score (nSPS) is 12.0. The summed E-state index contributed by atoms with van der Waals surface area (Å²) < 4.78 is 28.3. The van der Waals surface area contributed by atoms with Crippen molar-refractivity contribution >= 4 is 114 Å². The summed E-state index contributed by atoms with van der Waals surface area (Å²) in [7, 11) is 0. The van der Waals surface area contributed by atoms with Gasteiger partial charge in [-0.05, 0) is 184 Å². The molecule has 0 fully saturated rings. The predicted molar refractivity (Wildman–Crippen MR) is 463 cm³/mol. The fraction of sp³-hybridized carbons (Fsp3) is 0. The molecule has 21 rings (SSSR count). The van der Waals surface area contributed by atoms with E-state index in [4.69, 9.17) is 18.9 Å². The van der Waals surface area contributed by atoms with E-state index in [1.54, 1.807) is 0 Å². The third-order valence-corrected chi connectivity index (χ3v) is 21.5. The van der Waals surface area contributed by atoms with Crippen LogP contribution in [0.3, 0.4) is 0 Å². The average Bonchev–Trinajstić information content (AvgIpc) is 0.705. The van der Waals surface area contributed by atoms with E-state index in [-0.39, 0.29) is 13.4 Å². The van der Waals surface area contributed by atoms with Gasteiger partial charge in [-0.1, -0.05) is 261 Å². The molecule has 0 amide bonds. The molecule has 0 saturated heterocycles. The fourth-order valence-corrected chi connectivity index (χ4v) is 16.4. The van der Waals surface area contributed by atoms with E-state index in [1.807, 2.05) is 6.07 Å². The predicted octanol–water partition coefficient (Wildman–Crippen LogP) is 23.7. The van der Waals surface area contributed by atoms with Crippen molar-refractivity contribution in [2.45, 2.75) is 0 Å². The van der Waals surface area contributed by atoms with Gasteiger partial charge >= 0.3 is 0 Å². The Hall–Kier alpha value is -14.7. The lowest BCUT2D eigenvalue weighted by Crippen LogP contribution is -2.57. The summed E-state index contributed by atoms with van der Waals surface area (Å²) in [5, 5.41) is 0. The van der Waals surface area contributed by atoms with Crippen LogP contribution in [0, 0.1) is 0 Å². The number of hydrogen-bond acceptors (Lipinski definition) is 8. The summed E-state index contributed by atoms with van der Waals surface area (Å²) in [6.07, 6.45) is 0. The number of fused-ring (bicyclic) bond motifs is 8. The molecule has 112 heavy (non-hydrogen) atoms. The van der Waals surface area contributed by atoms with E-state index < -0.39 is 0 Å². The second-order valence-electron chi connectivity index (χ2n) is 28.2. The molecule has 8 nitrogen and oxygen atoms in total. The van der Waals surface area contributed by atoms with Crippen LogP contribution >= 0.6 is 0 Å². The fourth-order valence-electron chi connectivity index (χ4n) is 16.4. The lowest BCUT2D eigenvalue weighted by atomic mass is 9.34. The summed E-state index contributed by atoms with van der Waals surface area (Å²) in [4.78, 5) is 9.12. The molecule has 4 heterocycles. The standard InChI is InChI=1S/C54H37BN2O2.C48H33BN2O2/c1-7-19-38(20-8-1)46-37-47(39-21-9-2-10-22-39)54-52-53(46)58-50-35-44(56(40-23-11-3-12-24-40)41-25-13-4-14-26-41)31-33-48(50)55(52)49-34-32-45(36-51(49)59-54)57(42-27-15-5-16-28-42)43-29-17-6-18-30-43;1-6-16-34(17-7-1)35-30-46-48-47(31-35)53-45-33-41(51(38-22-12-4-13-23-38)39-24-14-5-15-25-39)27-29-43(45)49(48)42-28-26-40(32-44(42)52-46)50(36-18-8-2-9-19-36)37-20-10-3-11-21-37/h1-37H;1-33H. The van der Waals surface area contributed by atoms with Crippen LogP contribution in [0.2, 0.25) is 0 Å². The Bertz CT molecular complexity index is 5750. The first kappa shape index (κ1) is 66.7. The maximum Gasteiger partial charge on any atom is 0.260 e. The van der Waals surface area contributed by atoms with Crippen LogP contribution < -0.4 is 71.3 Å². The Morgan fingerprint density at radius 2 is 0.384 bits per heavy atom. The summed E-state index contributed by atoms with van der Waals surface area (Å²) >= 11 is 0. The molecule has 17 aromatic carbocycles. The summed E-state index contributed by atoms with van der Waals surface area (Å²) in [5.74, 6) is 6.56. The smallest absolute Gasteiger partial charge is 0.260 e. The highest BCUT2D eigenvalue weighted by Gasteiger charge is 2.45. The molecule has 0 N–H and O–H groups in total. The van der Waals surface area contributed by atoms with Crippen LogP contribution in [0.1, 0.15) is 0 Å². The molecule has 17 aromatic rings. The Balaban J connectivity index is 0.000000147. The van der Waals surface area contributed by atoms with Gasteiger partial charge in [-0.15, -0.1) is 0 Å². The number of hydrogen-bond donors (Lipinski definition) is 0. The van der Waals surface area contributed by atoms with Crippen molar-refractivity contribution in [1.29, 1.82) is 0 Å². The Labute approximate surface area is 652 Å². The molecule has 0 aromatic heterocycles. The van der Waals surface area contributed by atoms with Crippen LogP contribution in [0.4, 0.5) is 68.2 Å². The van der Waals surface area contributed by atoms with Crippen molar-refractivity contribution in [3.63, 3.8) is 0 Å². The number of anilines is 12. The van der Waals surface area contributed by atoms with Gasteiger partial charge in [0.15, 0.2) is 0 Å². The van der Waals surface area contributed by atoms with Crippen LogP contribution in [-0.4, -0.2) is 13.4 Å². The molecule has 4 aliphatic heterocycles. The minimum atomic E-state index is -0.162. The third kappa shape index (κ3) is 12.4.